The second-order valence-electron chi connectivity index (χ2n) is 7.74. The van der Waals surface area contributed by atoms with E-state index in [0.717, 1.165) is 24.3 Å². The Morgan fingerprint density at radius 3 is 2.42 bits per heavy atom. The zero-order chi connectivity index (χ0) is 18.7. The summed E-state index contributed by atoms with van der Waals surface area (Å²) in [5, 5.41) is 7.47. The van der Waals surface area contributed by atoms with Crippen LogP contribution >= 0.6 is 11.8 Å². The summed E-state index contributed by atoms with van der Waals surface area (Å²) in [7, 11) is 1.82. The van der Waals surface area contributed by atoms with Crippen molar-refractivity contribution >= 4 is 23.4 Å². The largest absolute Gasteiger partial charge is 0.370 e. The maximum Gasteiger partial charge on any atom is 0.269 e. The first-order valence-electron chi connectivity index (χ1n) is 9.09. The Kier molecular flexibility index (Phi) is 5.61. The molecule has 0 spiro atoms. The Balaban J connectivity index is 1.60. The molecule has 26 heavy (non-hydrogen) atoms. The van der Waals surface area contributed by atoms with Gasteiger partial charge in [0.1, 0.15) is 5.69 Å². The summed E-state index contributed by atoms with van der Waals surface area (Å²) in [5.41, 5.74) is 3.82. The van der Waals surface area contributed by atoms with E-state index in [1.54, 1.807) is 4.68 Å². The minimum absolute atomic E-state index is 0.0704. The van der Waals surface area contributed by atoms with Gasteiger partial charge in [0.05, 0.1) is 5.69 Å². The maximum absolute atomic E-state index is 12.5. The van der Waals surface area contributed by atoms with E-state index in [0.29, 0.717) is 12.2 Å². The number of hydrogen-bond acceptors (Lipinski definition) is 4. The summed E-state index contributed by atoms with van der Waals surface area (Å²) in [6.45, 7) is 9.03. The van der Waals surface area contributed by atoms with Crippen LogP contribution in [-0.4, -0.2) is 40.3 Å². The average Bonchev–Trinajstić information content (AvgIpc) is 3.03. The standard InChI is InChI=1S/C20H28N4OS/c1-20(2,3)18-13-17(23(4)22-18)19(25)21-14-15-5-7-16(8-6-15)24-9-11-26-12-10-24/h5-8,13H,9-12,14H2,1-4H3,(H,21,25). The van der Waals surface area contributed by atoms with E-state index >= 15 is 0 Å². The van der Waals surface area contributed by atoms with Crippen molar-refractivity contribution in [3.05, 3.63) is 47.3 Å². The molecule has 1 aliphatic heterocycles. The number of rotatable bonds is 4. The van der Waals surface area contributed by atoms with Crippen LogP contribution in [0.15, 0.2) is 30.3 Å². The van der Waals surface area contributed by atoms with Gasteiger partial charge >= 0.3 is 0 Å². The van der Waals surface area contributed by atoms with Gasteiger partial charge < -0.3 is 10.2 Å². The lowest BCUT2D eigenvalue weighted by Gasteiger charge is -2.28. The summed E-state index contributed by atoms with van der Waals surface area (Å²) in [6.07, 6.45) is 0. The molecule has 0 saturated carbocycles. The fourth-order valence-electron chi connectivity index (χ4n) is 2.97. The van der Waals surface area contributed by atoms with Gasteiger partial charge in [0.2, 0.25) is 0 Å². The number of anilines is 1. The van der Waals surface area contributed by atoms with E-state index in [9.17, 15) is 4.79 Å². The van der Waals surface area contributed by atoms with Gasteiger partial charge in [-0.3, -0.25) is 9.48 Å². The van der Waals surface area contributed by atoms with Crippen LogP contribution in [0.25, 0.3) is 0 Å². The van der Waals surface area contributed by atoms with Crippen LogP contribution in [0.4, 0.5) is 5.69 Å². The predicted octanol–water partition coefficient (Wildman–Crippen LogP) is 3.20. The molecule has 0 aliphatic carbocycles. The highest BCUT2D eigenvalue weighted by atomic mass is 32.2. The summed E-state index contributed by atoms with van der Waals surface area (Å²) in [6, 6.07) is 10.4. The average molecular weight is 373 g/mol. The molecule has 0 bridgehead atoms. The van der Waals surface area contributed by atoms with Crippen molar-refractivity contribution in [1.29, 1.82) is 0 Å². The number of benzene rings is 1. The monoisotopic (exact) mass is 372 g/mol. The van der Waals surface area contributed by atoms with Crippen molar-refractivity contribution in [1.82, 2.24) is 15.1 Å². The molecule has 1 saturated heterocycles. The van der Waals surface area contributed by atoms with Gasteiger partial charge in [0, 0.05) is 49.3 Å². The fourth-order valence-corrected chi connectivity index (χ4v) is 3.87. The molecule has 1 aromatic carbocycles. The lowest BCUT2D eigenvalue weighted by atomic mass is 9.92. The number of aromatic nitrogens is 2. The van der Waals surface area contributed by atoms with Crippen LogP contribution in [0.2, 0.25) is 0 Å². The van der Waals surface area contributed by atoms with Crippen LogP contribution in [0.5, 0.6) is 0 Å². The Hall–Kier alpha value is -1.95. The molecular weight excluding hydrogens is 344 g/mol. The highest BCUT2D eigenvalue weighted by molar-refractivity contribution is 7.99. The lowest BCUT2D eigenvalue weighted by Crippen LogP contribution is -2.32. The highest BCUT2D eigenvalue weighted by Gasteiger charge is 2.21. The van der Waals surface area contributed by atoms with Gasteiger partial charge in [0.25, 0.3) is 5.91 Å². The van der Waals surface area contributed by atoms with E-state index in [1.807, 2.05) is 24.9 Å². The SMILES string of the molecule is Cn1nc(C(C)(C)C)cc1C(=O)NCc1ccc(N2CCSCC2)cc1. The third-order valence-corrected chi connectivity index (χ3v) is 5.59. The highest BCUT2D eigenvalue weighted by Crippen LogP contribution is 2.22. The van der Waals surface area contributed by atoms with E-state index in [-0.39, 0.29) is 11.3 Å². The topological polar surface area (TPSA) is 50.2 Å². The molecule has 5 nitrogen and oxygen atoms in total. The van der Waals surface area contributed by atoms with Gasteiger partial charge in [-0.1, -0.05) is 32.9 Å². The first-order valence-corrected chi connectivity index (χ1v) is 10.2. The van der Waals surface area contributed by atoms with Gasteiger partial charge in [-0.25, -0.2) is 0 Å². The van der Waals surface area contributed by atoms with Crippen molar-refractivity contribution in [2.75, 3.05) is 29.5 Å². The first kappa shape index (κ1) is 18.8. The molecule has 1 aliphatic rings. The molecule has 2 aromatic rings. The van der Waals surface area contributed by atoms with Crippen LogP contribution in [0.3, 0.4) is 0 Å². The molecule has 1 N–H and O–H groups in total. The number of hydrogen-bond donors (Lipinski definition) is 1. The van der Waals surface area contributed by atoms with Gasteiger partial charge in [-0.05, 0) is 23.8 Å². The Labute approximate surface area is 160 Å². The van der Waals surface area contributed by atoms with Crippen LogP contribution in [0, 0.1) is 0 Å². The summed E-state index contributed by atoms with van der Waals surface area (Å²) in [5.74, 6) is 2.30. The van der Waals surface area contributed by atoms with Crippen molar-refractivity contribution in [3.8, 4) is 0 Å². The second-order valence-corrected chi connectivity index (χ2v) is 8.96. The number of nitrogens with zero attached hydrogens (tertiary/aromatic N) is 3. The minimum Gasteiger partial charge on any atom is -0.370 e. The summed E-state index contributed by atoms with van der Waals surface area (Å²) in [4.78, 5) is 14.9. The van der Waals surface area contributed by atoms with Crippen LogP contribution < -0.4 is 10.2 Å². The van der Waals surface area contributed by atoms with E-state index in [1.165, 1.54) is 17.2 Å². The maximum atomic E-state index is 12.5. The molecule has 0 radical (unpaired) electrons. The zero-order valence-electron chi connectivity index (χ0n) is 16.1. The molecular formula is C20H28N4OS. The number of nitrogens with one attached hydrogen (secondary N) is 1. The van der Waals surface area contributed by atoms with Crippen molar-refractivity contribution in [2.45, 2.75) is 32.7 Å². The van der Waals surface area contributed by atoms with Gasteiger partial charge in [0.15, 0.2) is 0 Å². The van der Waals surface area contributed by atoms with E-state index < -0.39 is 0 Å². The third kappa shape index (κ3) is 4.41. The Morgan fingerprint density at radius 1 is 1.19 bits per heavy atom. The molecule has 1 amide bonds. The Morgan fingerprint density at radius 2 is 1.85 bits per heavy atom. The lowest BCUT2D eigenvalue weighted by molar-refractivity contribution is 0.0941. The van der Waals surface area contributed by atoms with Crippen molar-refractivity contribution in [3.63, 3.8) is 0 Å². The quantitative estimate of drug-likeness (QED) is 0.895. The number of thioether (sulfide) groups is 1. The second kappa shape index (κ2) is 7.74. The predicted molar refractivity (Wildman–Crippen MR) is 109 cm³/mol. The molecule has 1 fully saturated rings. The van der Waals surface area contributed by atoms with E-state index in [4.69, 9.17) is 0 Å². The summed E-state index contributed by atoms with van der Waals surface area (Å²) >= 11 is 2.01. The molecule has 0 atom stereocenters. The molecule has 2 heterocycles. The normalized spacial score (nSPS) is 15.2. The van der Waals surface area contributed by atoms with Crippen molar-refractivity contribution in [2.24, 2.45) is 7.05 Å². The van der Waals surface area contributed by atoms with Gasteiger partial charge in [-0.15, -0.1) is 0 Å². The Bertz CT molecular complexity index is 755. The number of amides is 1. The fraction of sp³-hybridized carbons (Fsp3) is 0.500. The first-order chi connectivity index (χ1) is 12.3. The summed E-state index contributed by atoms with van der Waals surface area (Å²) < 4.78 is 1.66. The molecule has 6 heteroatoms. The smallest absolute Gasteiger partial charge is 0.269 e. The zero-order valence-corrected chi connectivity index (χ0v) is 16.9. The van der Waals surface area contributed by atoms with Crippen LogP contribution in [-0.2, 0) is 19.0 Å². The molecule has 0 unspecified atom stereocenters. The van der Waals surface area contributed by atoms with Crippen molar-refractivity contribution < 1.29 is 4.79 Å². The number of aryl methyl sites for hydroxylation is 1. The molecule has 1 aromatic heterocycles. The van der Waals surface area contributed by atoms with Crippen LogP contribution in [0.1, 0.15) is 42.5 Å². The molecule has 3 rings (SSSR count). The third-order valence-electron chi connectivity index (χ3n) is 4.65. The van der Waals surface area contributed by atoms with E-state index in [2.05, 4.69) is 60.4 Å². The van der Waals surface area contributed by atoms with Gasteiger partial charge in [-0.2, -0.15) is 16.9 Å². The molecule has 140 valence electrons. The number of carbonyl (C=O) groups excluding carboxylic acids is 1. The minimum atomic E-state index is -0.0902. The number of carbonyl (C=O) groups is 1.